The van der Waals surface area contributed by atoms with Crippen LogP contribution in [0.25, 0.3) is 0 Å². The average molecular weight is 256 g/mol. The zero-order chi connectivity index (χ0) is 13.3. The lowest BCUT2D eigenvalue weighted by atomic mass is 9.98. The van der Waals surface area contributed by atoms with Crippen LogP contribution in [0.2, 0.25) is 0 Å². The summed E-state index contributed by atoms with van der Waals surface area (Å²) in [5.41, 5.74) is -0.594. The van der Waals surface area contributed by atoms with Crippen molar-refractivity contribution >= 4 is 0 Å². The summed E-state index contributed by atoms with van der Waals surface area (Å²) in [6, 6.07) is 0. The third-order valence-corrected chi connectivity index (χ3v) is 3.18. The van der Waals surface area contributed by atoms with Crippen LogP contribution in [0.5, 0.6) is 0 Å². The van der Waals surface area contributed by atoms with Gasteiger partial charge in [0.05, 0.1) is 19.3 Å². The lowest BCUT2D eigenvalue weighted by Crippen LogP contribution is -2.42. The van der Waals surface area contributed by atoms with Gasteiger partial charge in [-0.25, -0.2) is 4.79 Å². The van der Waals surface area contributed by atoms with Crippen LogP contribution in [0.15, 0.2) is 15.8 Å². The van der Waals surface area contributed by atoms with E-state index in [0.717, 1.165) is 0 Å². The topological polar surface area (TPSA) is 105 Å². The van der Waals surface area contributed by atoms with Gasteiger partial charge in [-0.3, -0.25) is 14.3 Å². The van der Waals surface area contributed by atoms with Crippen molar-refractivity contribution in [3.8, 4) is 0 Å². The highest BCUT2D eigenvalue weighted by molar-refractivity contribution is 5.01. The number of nitrogens with zero attached hydrogens (tertiary/aromatic N) is 1. The normalized spacial score (nSPS) is 28.3. The third-order valence-electron chi connectivity index (χ3n) is 3.18. The summed E-state index contributed by atoms with van der Waals surface area (Å²) < 4.78 is 6.69. The zero-order valence-electron chi connectivity index (χ0n) is 10.00. The zero-order valence-corrected chi connectivity index (χ0v) is 10.00. The molecule has 0 radical (unpaired) electrons. The minimum absolute atomic E-state index is 0.159. The minimum atomic E-state index is -0.729. The van der Waals surface area contributed by atoms with Gasteiger partial charge in [0.25, 0.3) is 5.56 Å². The standard InChI is InChI=1S/C11H16N2O5/c1-6-3-13(11(17)12-10(6)16)9-2-8(15)7(4-14)5-18-9/h3,7-9,14-15H,2,4-5H2,1H3,(H,12,16,17)/t7-,8-,9+/m0/s1. The van der Waals surface area contributed by atoms with E-state index in [0.29, 0.717) is 5.56 Å². The second kappa shape index (κ2) is 5.05. The first-order valence-electron chi connectivity index (χ1n) is 5.75. The van der Waals surface area contributed by atoms with Crippen LogP contribution in [-0.4, -0.2) is 39.1 Å². The molecule has 0 amide bonds. The summed E-state index contributed by atoms with van der Waals surface area (Å²) in [6.45, 7) is 1.60. The molecule has 3 N–H and O–H groups in total. The first-order chi connectivity index (χ1) is 8.52. The van der Waals surface area contributed by atoms with Crippen molar-refractivity contribution in [2.24, 2.45) is 5.92 Å². The lowest BCUT2D eigenvalue weighted by Gasteiger charge is -2.33. The fourth-order valence-electron chi connectivity index (χ4n) is 1.98. The molecule has 1 aromatic heterocycles. The van der Waals surface area contributed by atoms with Crippen molar-refractivity contribution in [1.82, 2.24) is 9.55 Å². The Bertz CT molecular complexity index is 535. The summed E-state index contributed by atoms with van der Waals surface area (Å²) in [6.07, 6.45) is 0.271. The summed E-state index contributed by atoms with van der Waals surface area (Å²) in [7, 11) is 0. The Hall–Kier alpha value is -1.44. The summed E-state index contributed by atoms with van der Waals surface area (Å²) >= 11 is 0. The lowest BCUT2D eigenvalue weighted by molar-refractivity contribution is -0.126. The number of aromatic amines is 1. The maximum atomic E-state index is 11.6. The Morgan fingerprint density at radius 1 is 1.56 bits per heavy atom. The minimum Gasteiger partial charge on any atom is -0.396 e. The van der Waals surface area contributed by atoms with E-state index in [-0.39, 0.29) is 25.6 Å². The van der Waals surface area contributed by atoms with E-state index in [1.807, 2.05) is 0 Å². The maximum absolute atomic E-state index is 11.6. The van der Waals surface area contributed by atoms with Crippen LogP contribution in [0, 0.1) is 12.8 Å². The van der Waals surface area contributed by atoms with Gasteiger partial charge in [-0.05, 0) is 6.92 Å². The quantitative estimate of drug-likeness (QED) is 0.612. The fraction of sp³-hybridized carbons (Fsp3) is 0.636. The van der Waals surface area contributed by atoms with Crippen LogP contribution in [-0.2, 0) is 4.74 Å². The molecule has 100 valence electrons. The largest absolute Gasteiger partial charge is 0.396 e. The van der Waals surface area contributed by atoms with E-state index in [2.05, 4.69) is 4.98 Å². The molecule has 0 unspecified atom stereocenters. The van der Waals surface area contributed by atoms with Crippen molar-refractivity contribution in [2.75, 3.05) is 13.2 Å². The summed E-state index contributed by atoms with van der Waals surface area (Å²) in [5.74, 6) is -0.333. The van der Waals surface area contributed by atoms with Gasteiger partial charge in [0.1, 0.15) is 6.23 Å². The van der Waals surface area contributed by atoms with Crippen LogP contribution in [0.4, 0.5) is 0 Å². The van der Waals surface area contributed by atoms with Crippen LogP contribution in [0.3, 0.4) is 0 Å². The van der Waals surface area contributed by atoms with E-state index < -0.39 is 23.6 Å². The fourth-order valence-corrected chi connectivity index (χ4v) is 1.98. The molecule has 3 atom stereocenters. The first-order valence-corrected chi connectivity index (χ1v) is 5.75. The second-order valence-electron chi connectivity index (χ2n) is 4.51. The van der Waals surface area contributed by atoms with Gasteiger partial charge in [-0.15, -0.1) is 0 Å². The molecular weight excluding hydrogens is 240 g/mol. The van der Waals surface area contributed by atoms with Crippen LogP contribution in [0.1, 0.15) is 18.2 Å². The molecule has 18 heavy (non-hydrogen) atoms. The SMILES string of the molecule is Cc1cn([C@H]2C[C@H](O)[C@@H](CO)CO2)c(=O)[nH]c1=O. The number of aromatic nitrogens is 2. The molecule has 0 saturated carbocycles. The molecule has 2 heterocycles. The molecular formula is C11H16N2O5. The highest BCUT2D eigenvalue weighted by Crippen LogP contribution is 2.25. The Labute approximate surface area is 103 Å². The van der Waals surface area contributed by atoms with E-state index in [4.69, 9.17) is 9.84 Å². The number of rotatable bonds is 2. The number of aliphatic hydroxyl groups excluding tert-OH is 2. The molecule has 1 saturated heterocycles. The highest BCUT2D eigenvalue weighted by atomic mass is 16.5. The molecule has 0 bridgehead atoms. The number of hydrogen-bond acceptors (Lipinski definition) is 5. The van der Waals surface area contributed by atoms with E-state index in [1.165, 1.54) is 10.8 Å². The van der Waals surface area contributed by atoms with Gasteiger partial charge in [0, 0.05) is 24.1 Å². The van der Waals surface area contributed by atoms with E-state index >= 15 is 0 Å². The maximum Gasteiger partial charge on any atom is 0.330 e. The van der Waals surface area contributed by atoms with Gasteiger partial charge >= 0.3 is 5.69 Å². The van der Waals surface area contributed by atoms with Gasteiger partial charge in [-0.2, -0.15) is 0 Å². The number of ether oxygens (including phenoxy) is 1. The molecule has 0 spiro atoms. The predicted octanol–water partition coefficient (Wildman–Crippen LogP) is -1.27. The molecule has 1 aliphatic heterocycles. The predicted molar refractivity (Wildman–Crippen MR) is 62.2 cm³/mol. The Morgan fingerprint density at radius 2 is 2.28 bits per heavy atom. The second-order valence-corrected chi connectivity index (χ2v) is 4.51. The molecule has 7 heteroatoms. The Morgan fingerprint density at radius 3 is 2.89 bits per heavy atom. The molecule has 1 aromatic rings. The van der Waals surface area contributed by atoms with E-state index in [1.54, 1.807) is 6.92 Å². The van der Waals surface area contributed by atoms with Crippen LogP contribution < -0.4 is 11.2 Å². The summed E-state index contributed by atoms with van der Waals surface area (Å²) in [4.78, 5) is 25.1. The van der Waals surface area contributed by atoms with E-state index in [9.17, 15) is 14.7 Å². The first kappa shape index (κ1) is 13.0. The van der Waals surface area contributed by atoms with Gasteiger partial charge in [-0.1, -0.05) is 0 Å². The monoisotopic (exact) mass is 256 g/mol. The number of aryl methyl sites for hydroxylation is 1. The third kappa shape index (κ3) is 2.38. The Balaban J connectivity index is 2.26. The van der Waals surface area contributed by atoms with Crippen LogP contribution >= 0.6 is 0 Å². The average Bonchev–Trinajstić information content (AvgIpc) is 2.33. The molecule has 7 nitrogen and oxygen atoms in total. The van der Waals surface area contributed by atoms with Crippen molar-refractivity contribution in [2.45, 2.75) is 25.7 Å². The molecule has 0 aromatic carbocycles. The van der Waals surface area contributed by atoms with Crippen molar-refractivity contribution in [1.29, 1.82) is 0 Å². The van der Waals surface area contributed by atoms with Gasteiger partial charge < -0.3 is 14.9 Å². The number of nitrogens with one attached hydrogen (secondary N) is 1. The molecule has 1 aliphatic rings. The van der Waals surface area contributed by atoms with Crippen molar-refractivity contribution in [3.05, 3.63) is 32.6 Å². The molecule has 1 fully saturated rings. The number of H-pyrrole nitrogens is 1. The number of hydrogen-bond donors (Lipinski definition) is 3. The van der Waals surface area contributed by atoms with Gasteiger partial charge in [0.2, 0.25) is 0 Å². The van der Waals surface area contributed by atoms with Crippen molar-refractivity contribution in [3.63, 3.8) is 0 Å². The smallest absolute Gasteiger partial charge is 0.330 e. The van der Waals surface area contributed by atoms with Gasteiger partial charge in [0.15, 0.2) is 0 Å². The highest BCUT2D eigenvalue weighted by Gasteiger charge is 2.30. The Kier molecular flexibility index (Phi) is 3.65. The number of aliphatic hydroxyl groups is 2. The molecule has 2 rings (SSSR count). The summed E-state index contributed by atoms with van der Waals surface area (Å²) in [5, 5.41) is 18.8. The molecule has 0 aliphatic carbocycles. The van der Waals surface area contributed by atoms with Crippen molar-refractivity contribution < 1.29 is 14.9 Å².